The molecule has 176 valence electrons. The molecule has 0 aromatic heterocycles. The van der Waals surface area contributed by atoms with Crippen LogP contribution in [0.1, 0.15) is 27.7 Å². The summed E-state index contributed by atoms with van der Waals surface area (Å²) in [4.78, 5) is 58.1. The van der Waals surface area contributed by atoms with Crippen molar-refractivity contribution in [2.45, 2.75) is 58.2 Å². The number of carbonyl (C=O) groups excluding carboxylic acids is 4. The highest BCUT2D eigenvalue weighted by Gasteiger charge is 2.48. The van der Waals surface area contributed by atoms with E-state index in [1.807, 2.05) is 0 Å². The van der Waals surface area contributed by atoms with Crippen LogP contribution in [0.15, 0.2) is 11.8 Å². The van der Waals surface area contributed by atoms with Crippen molar-refractivity contribution in [3.63, 3.8) is 0 Å². The fourth-order valence-corrected chi connectivity index (χ4v) is 2.93. The van der Waals surface area contributed by atoms with Crippen LogP contribution in [0.25, 0.3) is 0 Å². The Morgan fingerprint density at radius 2 is 1.75 bits per heavy atom. The van der Waals surface area contributed by atoms with Crippen LogP contribution < -0.4 is 5.32 Å². The van der Waals surface area contributed by atoms with E-state index >= 15 is 0 Å². The molecule has 1 aliphatic rings. The third-order valence-electron chi connectivity index (χ3n) is 3.97. The van der Waals surface area contributed by atoms with Crippen LogP contribution in [0.2, 0.25) is 0 Å². The van der Waals surface area contributed by atoms with E-state index in [0.29, 0.717) is 0 Å². The molecule has 1 amide bonds. The molecule has 0 aromatic carbocycles. The van der Waals surface area contributed by atoms with E-state index in [2.05, 4.69) is 5.32 Å². The number of nitriles is 1. The molecule has 0 aromatic rings. The highest BCUT2D eigenvalue weighted by molar-refractivity contribution is 5.84. The lowest BCUT2D eigenvalue weighted by atomic mass is 9.93. The quantitative estimate of drug-likeness (QED) is 0.308. The molecule has 0 radical (unpaired) electrons. The molecule has 13 heteroatoms. The molecular formula is C19H24N2O11. The van der Waals surface area contributed by atoms with Crippen molar-refractivity contribution in [2.75, 3.05) is 13.2 Å². The van der Waals surface area contributed by atoms with Gasteiger partial charge < -0.3 is 34.1 Å². The Bertz CT molecular complexity index is 817. The highest BCUT2D eigenvalue weighted by atomic mass is 16.6. The summed E-state index contributed by atoms with van der Waals surface area (Å²) in [6.07, 6.45) is -4.58. The zero-order valence-electron chi connectivity index (χ0n) is 17.9. The topological polar surface area (TPSA) is 188 Å². The normalized spacial score (nSPS) is 21.5. The van der Waals surface area contributed by atoms with E-state index in [0.717, 1.165) is 33.8 Å². The van der Waals surface area contributed by atoms with E-state index in [9.17, 15) is 29.1 Å². The molecule has 2 N–H and O–H groups in total. The summed E-state index contributed by atoms with van der Waals surface area (Å²) < 4.78 is 26.1. The summed E-state index contributed by atoms with van der Waals surface area (Å²) in [7, 11) is 0. The number of hydrogen-bond acceptors (Lipinski definition) is 11. The molecule has 0 saturated carbocycles. The Morgan fingerprint density at radius 3 is 2.22 bits per heavy atom. The number of rotatable bonds is 10. The molecular weight excluding hydrogens is 432 g/mol. The summed E-state index contributed by atoms with van der Waals surface area (Å²) in [5.74, 6) is -5.11. The van der Waals surface area contributed by atoms with E-state index in [4.69, 9.17) is 28.9 Å². The van der Waals surface area contributed by atoms with Gasteiger partial charge in [-0.1, -0.05) is 0 Å². The molecule has 13 nitrogen and oxygen atoms in total. The van der Waals surface area contributed by atoms with Gasteiger partial charge in [0.2, 0.25) is 11.7 Å². The summed E-state index contributed by atoms with van der Waals surface area (Å²) in [5.41, 5.74) is 0. The van der Waals surface area contributed by atoms with Crippen LogP contribution in [-0.4, -0.2) is 78.6 Å². The molecule has 1 rings (SSSR count). The average molecular weight is 456 g/mol. The molecule has 32 heavy (non-hydrogen) atoms. The van der Waals surface area contributed by atoms with Gasteiger partial charge in [-0.25, -0.2) is 4.79 Å². The second-order valence-corrected chi connectivity index (χ2v) is 6.60. The lowest BCUT2D eigenvalue weighted by Gasteiger charge is -2.41. The summed E-state index contributed by atoms with van der Waals surface area (Å²) in [6.45, 7) is 3.33. The average Bonchev–Trinajstić information content (AvgIpc) is 2.67. The van der Waals surface area contributed by atoms with Gasteiger partial charge in [0.25, 0.3) is 0 Å². The van der Waals surface area contributed by atoms with Gasteiger partial charge in [-0.3, -0.25) is 19.2 Å². The molecule has 0 fully saturated rings. The van der Waals surface area contributed by atoms with E-state index in [-0.39, 0.29) is 0 Å². The first-order chi connectivity index (χ1) is 15.0. The summed E-state index contributed by atoms with van der Waals surface area (Å²) in [6, 6.07) is 0.549. The highest BCUT2D eigenvalue weighted by Crippen LogP contribution is 2.27. The third kappa shape index (κ3) is 8.23. The van der Waals surface area contributed by atoms with Gasteiger partial charge in [-0.05, 0) is 6.08 Å². The molecule has 0 aliphatic carbocycles. The second-order valence-electron chi connectivity index (χ2n) is 6.60. The van der Waals surface area contributed by atoms with E-state index in [1.165, 1.54) is 0 Å². The maximum absolute atomic E-state index is 11.8. The maximum atomic E-state index is 11.8. The van der Waals surface area contributed by atoms with Gasteiger partial charge in [-0.2, -0.15) is 5.26 Å². The first-order valence-electron chi connectivity index (χ1n) is 9.31. The number of amides is 1. The minimum Gasteiger partial charge on any atom is -0.477 e. The second kappa shape index (κ2) is 12.3. The van der Waals surface area contributed by atoms with Crippen molar-refractivity contribution in [2.24, 2.45) is 0 Å². The van der Waals surface area contributed by atoms with Crippen molar-refractivity contribution >= 4 is 29.8 Å². The molecule has 0 bridgehead atoms. The summed E-state index contributed by atoms with van der Waals surface area (Å²) in [5, 5.41) is 20.8. The molecule has 5 atom stereocenters. The van der Waals surface area contributed by atoms with Crippen LogP contribution in [0.5, 0.6) is 0 Å². The van der Waals surface area contributed by atoms with E-state index in [1.54, 1.807) is 6.07 Å². The lowest BCUT2D eigenvalue weighted by molar-refractivity contribution is -0.190. The maximum Gasteiger partial charge on any atom is 0.370 e. The smallest absolute Gasteiger partial charge is 0.370 e. The molecule has 0 spiro atoms. The van der Waals surface area contributed by atoms with Crippen LogP contribution in [0, 0.1) is 11.3 Å². The van der Waals surface area contributed by atoms with Gasteiger partial charge >= 0.3 is 23.9 Å². The van der Waals surface area contributed by atoms with Crippen molar-refractivity contribution in [3.8, 4) is 6.07 Å². The number of carboxylic acids is 1. The molecule has 0 unspecified atom stereocenters. The zero-order valence-corrected chi connectivity index (χ0v) is 17.9. The number of ether oxygens (including phenoxy) is 5. The third-order valence-corrected chi connectivity index (χ3v) is 3.97. The lowest BCUT2D eigenvalue weighted by Crippen LogP contribution is -2.61. The number of esters is 3. The molecule has 1 heterocycles. The van der Waals surface area contributed by atoms with Crippen molar-refractivity contribution in [3.05, 3.63) is 11.8 Å². The Morgan fingerprint density at radius 1 is 1.12 bits per heavy atom. The number of nitrogens with zero attached hydrogens (tertiary/aromatic N) is 1. The fourth-order valence-electron chi connectivity index (χ4n) is 2.93. The van der Waals surface area contributed by atoms with Gasteiger partial charge in [0.05, 0.1) is 12.1 Å². The zero-order chi connectivity index (χ0) is 24.4. The SMILES string of the molecule is CC(=O)N[C@H]1[C@H]([C@H](OC(C)=O)[C@@H](COC(C)=O)OC(C)=O)OC(C(=O)O)=C[C@@H]1OCC#N. The van der Waals surface area contributed by atoms with Crippen molar-refractivity contribution < 1.29 is 52.8 Å². The van der Waals surface area contributed by atoms with Gasteiger partial charge in [0.1, 0.15) is 19.3 Å². The largest absolute Gasteiger partial charge is 0.477 e. The van der Waals surface area contributed by atoms with Crippen molar-refractivity contribution in [1.29, 1.82) is 5.26 Å². The Hall–Kier alpha value is -3.66. The van der Waals surface area contributed by atoms with Gasteiger partial charge in [0.15, 0.2) is 18.3 Å². The Balaban J connectivity index is 3.51. The van der Waals surface area contributed by atoms with E-state index < -0.39 is 79.2 Å². The van der Waals surface area contributed by atoms with Crippen LogP contribution >= 0.6 is 0 Å². The predicted octanol–water partition coefficient (Wildman–Crippen LogP) is -0.806. The minimum absolute atomic E-state index is 0.462. The number of carboxylic acid groups (broad SMARTS) is 1. The number of aliphatic carboxylic acids is 1. The molecule has 1 aliphatic heterocycles. The molecule has 0 saturated heterocycles. The number of carbonyl (C=O) groups is 5. The first kappa shape index (κ1) is 26.4. The predicted molar refractivity (Wildman–Crippen MR) is 101 cm³/mol. The van der Waals surface area contributed by atoms with Crippen molar-refractivity contribution in [1.82, 2.24) is 5.32 Å². The van der Waals surface area contributed by atoms with Crippen LogP contribution in [-0.2, 0) is 47.7 Å². The fraction of sp³-hybridized carbons (Fsp3) is 0.579. The summed E-state index contributed by atoms with van der Waals surface area (Å²) >= 11 is 0. The Kier molecular flexibility index (Phi) is 10.1. The first-order valence-corrected chi connectivity index (χ1v) is 9.31. The van der Waals surface area contributed by atoms with Crippen LogP contribution in [0.4, 0.5) is 0 Å². The number of hydrogen-bond donors (Lipinski definition) is 2. The van der Waals surface area contributed by atoms with Gasteiger partial charge in [-0.15, -0.1) is 0 Å². The number of nitrogens with one attached hydrogen (secondary N) is 1. The van der Waals surface area contributed by atoms with Crippen LogP contribution in [0.3, 0.4) is 0 Å². The Labute approximate surface area is 183 Å². The monoisotopic (exact) mass is 456 g/mol. The standard InChI is InChI=1S/C19H24N2O11/c1-9(22)21-16-13(28-6-5-20)7-14(19(26)27)32-18(16)17(31-12(4)25)15(30-11(3)24)8-29-10(2)23/h7,13,15-18H,6,8H2,1-4H3,(H,21,22)(H,26,27)/t13-,15+,16+,17+,18+/m0/s1. The van der Waals surface area contributed by atoms with Gasteiger partial charge in [0, 0.05) is 27.7 Å². The minimum atomic E-state index is -1.54.